The van der Waals surface area contributed by atoms with Crippen LogP contribution in [0.15, 0.2) is 51.7 Å². The average Bonchev–Trinajstić information content (AvgIpc) is 2.62. The molecule has 0 bridgehead atoms. The smallest absolute Gasteiger partial charge is 0.344 e. The zero-order valence-electron chi connectivity index (χ0n) is 14.2. The van der Waals surface area contributed by atoms with Crippen LogP contribution in [-0.4, -0.2) is 31.1 Å². The van der Waals surface area contributed by atoms with Crippen molar-refractivity contribution in [2.24, 2.45) is 0 Å². The third-order valence-electron chi connectivity index (χ3n) is 4.38. The topological polar surface area (TPSA) is 42.7 Å². The number of benzene rings is 2. The molecular weight excluding hydrogens is 302 g/mol. The minimum atomic E-state index is -0.309. The molecule has 0 amide bonds. The minimum absolute atomic E-state index is 0.309. The molecule has 3 rings (SSSR count). The van der Waals surface area contributed by atoms with Crippen molar-refractivity contribution in [2.75, 3.05) is 26.2 Å². The van der Waals surface area contributed by atoms with Crippen molar-refractivity contribution in [1.82, 2.24) is 4.90 Å². The molecule has 0 aliphatic heterocycles. The number of nitrogens with zero attached hydrogens (tertiary/aromatic N) is 1. The van der Waals surface area contributed by atoms with Crippen LogP contribution in [0.25, 0.3) is 21.7 Å². The van der Waals surface area contributed by atoms with E-state index in [1.165, 1.54) is 0 Å². The number of fused-ring (bicyclic) bond motifs is 3. The van der Waals surface area contributed by atoms with Gasteiger partial charge in [-0.1, -0.05) is 38.1 Å². The molecule has 0 aliphatic carbocycles. The van der Waals surface area contributed by atoms with E-state index in [0.717, 1.165) is 42.6 Å². The largest absolute Gasteiger partial charge is 0.493 e. The molecule has 4 nitrogen and oxygen atoms in total. The lowest BCUT2D eigenvalue weighted by Gasteiger charge is -2.18. The molecule has 0 saturated carbocycles. The Balaban J connectivity index is 1.89. The minimum Gasteiger partial charge on any atom is -0.493 e. The second-order valence-electron chi connectivity index (χ2n) is 5.79. The van der Waals surface area contributed by atoms with E-state index in [1.54, 1.807) is 6.07 Å². The lowest BCUT2D eigenvalue weighted by Crippen LogP contribution is -2.25. The van der Waals surface area contributed by atoms with Crippen molar-refractivity contribution in [3.63, 3.8) is 0 Å². The normalized spacial score (nSPS) is 11.5. The van der Waals surface area contributed by atoms with Gasteiger partial charge in [0.05, 0.1) is 17.4 Å². The molecule has 0 saturated heterocycles. The van der Waals surface area contributed by atoms with Crippen molar-refractivity contribution >= 4 is 21.7 Å². The van der Waals surface area contributed by atoms with Gasteiger partial charge in [-0.3, -0.25) is 0 Å². The van der Waals surface area contributed by atoms with Crippen LogP contribution in [0.4, 0.5) is 0 Å². The van der Waals surface area contributed by atoms with E-state index in [1.807, 2.05) is 36.4 Å². The highest BCUT2D eigenvalue weighted by Crippen LogP contribution is 2.31. The van der Waals surface area contributed by atoms with Gasteiger partial charge in [0.2, 0.25) is 0 Å². The van der Waals surface area contributed by atoms with Crippen LogP contribution < -0.4 is 10.4 Å². The second-order valence-corrected chi connectivity index (χ2v) is 5.79. The third-order valence-corrected chi connectivity index (χ3v) is 4.38. The molecule has 0 fully saturated rings. The fourth-order valence-corrected chi connectivity index (χ4v) is 3.03. The molecular formula is C20H23NO3. The molecule has 0 spiro atoms. The van der Waals surface area contributed by atoms with Crippen LogP contribution in [0.1, 0.15) is 20.3 Å². The summed E-state index contributed by atoms with van der Waals surface area (Å²) < 4.78 is 11.5. The highest BCUT2D eigenvalue weighted by molar-refractivity contribution is 6.07. The highest BCUT2D eigenvalue weighted by atomic mass is 16.5. The maximum absolute atomic E-state index is 12.1. The molecule has 0 atom stereocenters. The van der Waals surface area contributed by atoms with Gasteiger partial charge >= 0.3 is 5.63 Å². The van der Waals surface area contributed by atoms with E-state index < -0.39 is 0 Å². The van der Waals surface area contributed by atoms with Gasteiger partial charge in [-0.2, -0.15) is 0 Å². The molecule has 126 valence electrons. The Labute approximate surface area is 141 Å². The van der Waals surface area contributed by atoms with E-state index in [9.17, 15) is 4.79 Å². The highest BCUT2D eigenvalue weighted by Gasteiger charge is 2.11. The molecule has 1 heterocycles. The lowest BCUT2D eigenvalue weighted by molar-refractivity contribution is 0.250. The summed E-state index contributed by atoms with van der Waals surface area (Å²) in [6.07, 6.45) is 0.965. The maximum atomic E-state index is 12.1. The Morgan fingerprint density at radius 2 is 1.75 bits per heavy atom. The molecule has 2 aromatic carbocycles. The first kappa shape index (κ1) is 16.5. The predicted molar refractivity (Wildman–Crippen MR) is 97.9 cm³/mol. The van der Waals surface area contributed by atoms with Crippen molar-refractivity contribution in [3.8, 4) is 5.75 Å². The first-order valence-corrected chi connectivity index (χ1v) is 8.54. The summed E-state index contributed by atoms with van der Waals surface area (Å²) >= 11 is 0. The van der Waals surface area contributed by atoms with Crippen LogP contribution in [0.3, 0.4) is 0 Å². The fraction of sp³-hybridized carbons (Fsp3) is 0.350. The standard InChI is InChI=1S/C20H23NO3/c1-3-21(4-2)13-8-14-23-17-11-7-12-18-19(17)15-9-5-6-10-16(15)20(22)24-18/h5-7,9-12H,3-4,8,13-14H2,1-2H3. The first-order valence-electron chi connectivity index (χ1n) is 8.54. The van der Waals surface area contributed by atoms with Crippen molar-refractivity contribution in [1.29, 1.82) is 0 Å². The molecule has 0 aliphatic rings. The summed E-state index contributed by atoms with van der Waals surface area (Å²) in [5, 5.41) is 2.34. The van der Waals surface area contributed by atoms with Crippen molar-refractivity contribution < 1.29 is 9.15 Å². The molecule has 1 aromatic heterocycles. The van der Waals surface area contributed by atoms with E-state index in [0.29, 0.717) is 17.6 Å². The van der Waals surface area contributed by atoms with Gasteiger partial charge in [0.25, 0.3) is 0 Å². The zero-order chi connectivity index (χ0) is 16.9. The molecule has 4 heteroatoms. The van der Waals surface area contributed by atoms with E-state index in [4.69, 9.17) is 9.15 Å². The number of ether oxygens (including phenoxy) is 1. The SMILES string of the molecule is CCN(CC)CCCOc1cccc2oc(=O)c3ccccc3c12. The summed E-state index contributed by atoms with van der Waals surface area (Å²) in [5.41, 5.74) is 0.261. The summed E-state index contributed by atoms with van der Waals surface area (Å²) in [5.74, 6) is 0.770. The average molecular weight is 325 g/mol. The zero-order valence-corrected chi connectivity index (χ0v) is 14.2. The number of hydrogen-bond donors (Lipinski definition) is 0. The van der Waals surface area contributed by atoms with Crippen LogP contribution >= 0.6 is 0 Å². The predicted octanol–water partition coefficient (Wildman–Crippen LogP) is 4.06. The maximum Gasteiger partial charge on any atom is 0.344 e. The fourth-order valence-electron chi connectivity index (χ4n) is 3.03. The van der Waals surface area contributed by atoms with Gasteiger partial charge in [0.15, 0.2) is 0 Å². The van der Waals surface area contributed by atoms with Gasteiger partial charge in [-0.15, -0.1) is 0 Å². The van der Waals surface area contributed by atoms with Gasteiger partial charge in [-0.25, -0.2) is 4.79 Å². The molecule has 0 radical (unpaired) electrons. The number of rotatable bonds is 7. The van der Waals surface area contributed by atoms with E-state index in [2.05, 4.69) is 18.7 Å². The Morgan fingerprint density at radius 3 is 2.50 bits per heavy atom. The van der Waals surface area contributed by atoms with Crippen LogP contribution in [0, 0.1) is 0 Å². The third kappa shape index (κ3) is 3.29. The van der Waals surface area contributed by atoms with E-state index in [-0.39, 0.29) is 5.63 Å². The van der Waals surface area contributed by atoms with Gasteiger partial charge in [0.1, 0.15) is 11.3 Å². The molecule has 0 unspecified atom stereocenters. The lowest BCUT2D eigenvalue weighted by atomic mass is 10.1. The Morgan fingerprint density at radius 1 is 1.00 bits per heavy atom. The van der Waals surface area contributed by atoms with Crippen LogP contribution in [0.5, 0.6) is 5.75 Å². The van der Waals surface area contributed by atoms with Crippen LogP contribution in [-0.2, 0) is 0 Å². The number of hydrogen-bond acceptors (Lipinski definition) is 4. The Bertz CT molecular complexity index is 881. The van der Waals surface area contributed by atoms with Gasteiger partial charge < -0.3 is 14.1 Å². The monoisotopic (exact) mass is 325 g/mol. The van der Waals surface area contributed by atoms with Crippen molar-refractivity contribution in [2.45, 2.75) is 20.3 Å². The second kappa shape index (κ2) is 7.49. The van der Waals surface area contributed by atoms with Gasteiger partial charge in [-0.05, 0) is 37.7 Å². The molecule has 3 aromatic rings. The first-order chi connectivity index (χ1) is 11.7. The van der Waals surface area contributed by atoms with E-state index >= 15 is 0 Å². The Kier molecular flexibility index (Phi) is 5.16. The summed E-state index contributed by atoms with van der Waals surface area (Å²) in [6.45, 7) is 8.12. The molecule has 0 N–H and O–H groups in total. The summed E-state index contributed by atoms with van der Waals surface area (Å²) in [7, 11) is 0. The Hall–Kier alpha value is -2.33. The van der Waals surface area contributed by atoms with Crippen molar-refractivity contribution in [3.05, 3.63) is 52.9 Å². The quantitative estimate of drug-likeness (QED) is 0.373. The van der Waals surface area contributed by atoms with Crippen LogP contribution in [0.2, 0.25) is 0 Å². The summed E-state index contributed by atoms with van der Waals surface area (Å²) in [4.78, 5) is 14.5. The summed E-state index contributed by atoms with van der Waals surface area (Å²) in [6, 6.07) is 13.1. The van der Waals surface area contributed by atoms with Gasteiger partial charge in [0, 0.05) is 11.9 Å². The molecule has 24 heavy (non-hydrogen) atoms.